The molecule has 0 aliphatic heterocycles. The Hall–Kier alpha value is -0.740. The van der Waals surface area contributed by atoms with Gasteiger partial charge in [-0.25, -0.2) is 15.0 Å². The Morgan fingerprint density at radius 1 is 1.13 bits per heavy atom. The van der Waals surface area contributed by atoms with E-state index in [1.54, 1.807) is 22.7 Å². The average molecular weight is 465 g/mol. The second-order valence-corrected chi connectivity index (χ2v) is 7.33. The van der Waals surface area contributed by atoms with E-state index in [0.717, 1.165) is 36.9 Å². The molecule has 2 aromatic rings. The topological polar surface area (TPSA) is 62.2 Å². The van der Waals surface area contributed by atoms with Gasteiger partial charge >= 0.3 is 0 Å². The fraction of sp³-hybridized carbons (Fsp3) is 0.533. The van der Waals surface area contributed by atoms with Crippen LogP contribution in [0.4, 0.5) is 0 Å². The lowest BCUT2D eigenvalue weighted by Crippen LogP contribution is -2.38. The van der Waals surface area contributed by atoms with Crippen LogP contribution in [-0.2, 0) is 19.4 Å². The summed E-state index contributed by atoms with van der Waals surface area (Å²) in [4.78, 5) is 15.9. The molecule has 0 aliphatic rings. The second kappa shape index (κ2) is 10.9. The van der Waals surface area contributed by atoms with Crippen LogP contribution in [-0.4, -0.2) is 29.0 Å². The number of aromatic nitrogens is 2. The van der Waals surface area contributed by atoms with Gasteiger partial charge < -0.3 is 10.6 Å². The zero-order valence-electron chi connectivity index (χ0n) is 13.8. The minimum atomic E-state index is 0. The first-order valence-electron chi connectivity index (χ1n) is 7.58. The van der Waals surface area contributed by atoms with Crippen LogP contribution in [0, 0.1) is 6.92 Å². The van der Waals surface area contributed by atoms with Crippen LogP contribution < -0.4 is 10.6 Å². The first-order chi connectivity index (χ1) is 10.7. The zero-order chi connectivity index (χ0) is 15.8. The maximum atomic E-state index is 4.57. The van der Waals surface area contributed by atoms with Crippen LogP contribution in [0.5, 0.6) is 0 Å². The molecule has 0 aliphatic carbocycles. The van der Waals surface area contributed by atoms with Crippen LogP contribution in [0.25, 0.3) is 0 Å². The van der Waals surface area contributed by atoms with Gasteiger partial charge in [-0.05, 0) is 20.3 Å². The molecule has 0 fully saturated rings. The van der Waals surface area contributed by atoms with Gasteiger partial charge in [-0.2, -0.15) is 0 Å². The van der Waals surface area contributed by atoms with Gasteiger partial charge in [-0.3, -0.25) is 0 Å². The lowest BCUT2D eigenvalue weighted by molar-refractivity contribution is 0.796. The first-order valence-corrected chi connectivity index (χ1v) is 9.21. The lowest BCUT2D eigenvalue weighted by Gasteiger charge is -2.10. The van der Waals surface area contributed by atoms with Crippen molar-refractivity contribution in [1.29, 1.82) is 0 Å². The first kappa shape index (κ1) is 20.3. The normalized spacial score (nSPS) is 11.2. The van der Waals surface area contributed by atoms with E-state index in [1.165, 1.54) is 14.8 Å². The van der Waals surface area contributed by atoms with Crippen molar-refractivity contribution in [1.82, 2.24) is 20.6 Å². The number of hydrogen-bond donors (Lipinski definition) is 2. The maximum Gasteiger partial charge on any atom is 0.191 e. The summed E-state index contributed by atoms with van der Waals surface area (Å²) in [6.45, 7) is 8.59. The number of thiazole rings is 2. The second-order valence-electron chi connectivity index (χ2n) is 4.81. The molecule has 2 heterocycles. The maximum absolute atomic E-state index is 4.57. The predicted molar refractivity (Wildman–Crippen MR) is 110 cm³/mol. The molecular weight excluding hydrogens is 441 g/mol. The van der Waals surface area contributed by atoms with Crippen LogP contribution >= 0.6 is 46.7 Å². The Balaban J connectivity index is 0.00000264. The third-order valence-corrected chi connectivity index (χ3v) is 5.07. The van der Waals surface area contributed by atoms with E-state index in [4.69, 9.17) is 0 Å². The van der Waals surface area contributed by atoms with Crippen molar-refractivity contribution in [3.05, 3.63) is 32.2 Å². The van der Waals surface area contributed by atoms with E-state index in [1.807, 2.05) is 12.4 Å². The number of aryl methyl sites for hydroxylation is 2. The van der Waals surface area contributed by atoms with Gasteiger partial charge in [0.15, 0.2) is 5.96 Å². The Morgan fingerprint density at radius 2 is 1.91 bits per heavy atom. The molecule has 0 atom stereocenters. The summed E-state index contributed by atoms with van der Waals surface area (Å²) < 4.78 is 0. The van der Waals surface area contributed by atoms with Gasteiger partial charge in [0.25, 0.3) is 0 Å². The van der Waals surface area contributed by atoms with E-state index < -0.39 is 0 Å². The summed E-state index contributed by atoms with van der Waals surface area (Å²) in [7, 11) is 0. The SMILES string of the molecule is CCNC(=NCc1ncc(C)s1)NCCc1ncc(CC)s1.I. The van der Waals surface area contributed by atoms with E-state index in [-0.39, 0.29) is 24.0 Å². The highest BCUT2D eigenvalue weighted by Crippen LogP contribution is 2.13. The van der Waals surface area contributed by atoms with Crippen LogP contribution in [0.15, 0.2) is 17.4 Å². The predicted octanol–water partition coefficient (Wildman–Crippen LogP) is 3.39. The monoisotopic (exact) mass is 465 g/mol. The summed E-state index contributed by atoms with van der Waals surface area (Å²) in [5, 5.41) is 8.84. The number of guanidine groups is 1. The van der Waals surface area contributed by atoms with Crippen molar-refractivity contribution >= 4 is 52.6 Å². The van der Waals surface area contributed by atoms with E-state index in [9.17, 15) is 0 Å². The van der Waals surface area contributed by atoms with Crippen molar-refractivity contribution < 1.29 is 0 Å². The number of aliphatic imine (C=N–C) groups is 1. The lowest BCUT2D eigenvalue weighted by atomic mass is 10.4. The Morgan fingerprint density at radius 3 is 2.52 bits per heavy atom. The van der Waals surface area contributed by atoms with Crippen molar-refractivity contribution in [2.24, 2.45) is 4.99 Å². The van der Waals surface area contributed by atoms with Crippen LogP contribution in [0.1, 0.15) is 33.6 Å². The van der Waals surface area contributed by atoms with E-state index in [2.05, 4.69) is 46.4 Å². The molecule has 0 spiro atoms. The van der Waals surface area contributed by atoms with Crippen LogP contribution in [0.3, 0.4) is 0 Å². The molecule has 0 bridgehead atoms. The Kier molecular flexibility index (Phi) is 9.65. The van der Waals surface area contributed by atoms with Gasteiger partial charge in [0.2, 0.25) is 0 Å². The molecule has 23 heavy (non-hydrogen) atoms. The number of rotatable bonds is 7. The molecule has 0 saturated heterocycles. The van der Waals surface area contributed by atoms with Crippen molar-refractivity contribution in [3.8, 4) is 0 Å². The summed E-state index contributed by atoms with van der Waals surface area (Å²) in [6.07, 6.45) is 5.85. The number of nitrogens with zero attached hydrogens (tertiary/aromatic N) is 3. The van der Waals surface area contributed by atoms with Crippen LogP contribution in [0.2, 0.25) is 0 Å². The molecule has 2 N–H and O–H groups in total. The molecule has 0 unspecified atom stereocenters. The van der Waals surface area contributed by atoms with E-state index >= 15 is 0 Å². The number of halogens is 1. The molecule has 2 aromatic heterocycles. The summed E-state index contributed by atoms with van der Waals surface area (Å²) in [5.41, 5.74) is 0. The molecule has 0 aromatic carbocycles. The molecular formula is C15H24IN5S2. The fourth-order valence-corrected chi connectivity index (χ4v) is 3.45. The van der Waals surface area contributed by atoms with Crippen molar-refractivity contribution in [2.75, 3.05) is 13.1 Å². The highest BCUT2D eigenvalue weighted by molar-refractivity contribution is 14.0. The van der Waals surface area contributed by atoms with E-state index in [0.29, 0.717) is 6.54 Å². The van der Waals surface area contributed by atoms with Gasteiger partial charge in [0, 0.05) is 41.7 Å². The largest absolute Gasteiger partial charge is 0.357 e. The van der Waals surface area contributed by atoms with Crippen molar-refractivity contribution in [3.63, 3.8) is 0 Å². The van der Waals surface area contributed by atoms with Gasteiger partial charge in [-0.15, -0.1) is 46.7 Å². The molecule has 0 saturated carbocycles. The minimum Gasteiger partial charge on any atom is -0.357 e. The highest BCUT2D eigenvalue weighted by atomic mass is 127. The highest BCUT2D eigenvalue weighted by Gasteiger charge is 2.03. The van der Waals surface area contributed by atoms with Gasteiger partial charge in [-0.1, -0.05) is 6.92 Å². The molecule has 0 radical (unpaired) electrons. The van der Waals surface area contributed by atoms with Gasteiger partial charge in [0.05, 0.1) is 11.6 Å². The molecule has 128 valence electrons. The Bertz CT molecular complexity index is 609. The molecule has 0 amide bonds. The number of nitrogens with one attached hydrogen (secondary N) is 2. The number of hydrogen-bond acceptors (Lipinski definition) is 5. The minimum absolute atomic E-state index is 0. The Labute approximate surface area is 163 Å². The van der Waals surface area contributed by atoms with Crippen molar-refractivity contribution in [2.45, 2.75) is 40.2 Å². The third kappa shape index (κ3) is 7.13. The molecule has 2 rings (SSSR count). The smallest absolute Gasteiger partial charge is 0.191 e. The quantitative estimate of drug-likeness (QED) is 0.374. The zero-order valence-corrected chi connectivity index (χ0v) is 17.7. The molecule has 8 heteroatoms. The molecule has 5 nitrogen and oxygen atoms in total. The standard InChI is InChI=1S/C15H23N5S2.HI/c1-4-12-9-19-13(22-12)6-7-17-15(16-5-2)20-10-14-18-8-11(3)21-14;/h8-9H,4-7,10H2,1-3H3,(H2,16,17,20);1H. The summed E-state index contributed by atoms with van der Waals surface area (Å²) in [6, 6.07) is 0. The fourth-order valence-electron chi connectivity index (χ4n) is 1.88. The summed E-state index contributed by atoms with van der Waals surface area (Å²) >= 11 is 3.48. The average Bonchev–Trinajstić information content (AvgIpc) is 3.13. The van der Waals surface area contributed by atoms with Gasteiger partial charge in [0.1, 0.15) is 5.01 Å². The summed E-state index contributed by atoms with van der Waals surface area (Å²) in [5.74, 6) is 0.836. The third-order valence-electron chi connectivity index (χ3n) is 2.97.